The molecule has 6 atom stereocenters. The minimum Gasteiger partial charge on any atom is -0.462 e. The van der Waals surface area contributed by atoms with Crippen LogP contribution in [0.3, 0.4) is 0 Å². The quantitative estimate of drug-likeness (QED) is 0.313. The molecule has 1 saturated heterocycles. The summed E-state index contributed by atoms with van der Waals surface area (Å²) < 4.78 is 9.99. The van der Waals surface area contributed by atoms with Gasteiger partial charge in [0.25, 0.3) is 5.91 Å². The first-order valence-corrected chi connectivity index (χ1v) is 13.1. The Kier molecular flexibility index (Phi) is 7.15. The van der Waals surface area contributed by atoms with Crippen molar-refractivity contribution in [2.24, 2.45) is 23.7 Å². The van der Waals surface area contributed by atoms with Crippen molar-refractivity contribution in [1.82, 2.24) is 0 Å². The summed E-state index contributed by atoms with van der Waals surface area (Å²) in [6.45, 7) is 1.43. The van der Waals surface area contributed by atoms with Crippen molar-refractivity contribution in [3.05, 3.63) is 59.7 Å². The van der Waals surface area contributed by atoms with E-state index in [1.165, 1.54) is 48.5 Å². The molecule has 2 bridgehead atoms. The highest BCUT2D eigenvalue weighted by Gasteiger charge is 2.66. The van der Waals surface area contributed by atoms with Crippen molar-refractivity contribution in [2.45, 2.75) is 24.1 Å². The molecular weight excluding hydrogens is 535 g/mol. The molecule has 3 amide bonds. The topological polar surface area (TPSA) is 119 Å². The largest absolute Gasteiger partial charge is 0.462 e. The maximum Gasteiger partial charge on any atom is 0.338 e. The van der Waals surface area contributed by atoms with E-state index in [4.69, 9.17) is 32.7 Å². The summed E-state index contributed by atoms with van der Waals surface area (Å²) in [4.78, 5) is 63.7. The molecule has 0 aromatic heterocycles. The van der Waals surface area contributed by atoms with Gasteiger partial charge in [-0.25, -0.2) is 9.59 Å². The Morgan fingerprint density at radius 1 is 0.842 bits per heavy atom. The van der Waals surface area contributed by atoms with Gasteiger partial charge < -0.3 is 14.8 Å². The first-order chi connectivity index (χ1) is 18.2. The SMILES string of the molecule is CCOC(=O)c1ccc(NC(=O)COC(=O)c2ccc(N3C(=O)[C@@H]4[C@H]5C[C@@H]([C@@H](Cl)[C@H]5Cl)[C@H]4C3=O)cc2)cc1. The second-order valence-electron chi connectivity index (χ2n) is 9.48. The zero-order valence-corrected chi connectivity index (χ0v) is 21.8. The zero-order valence-electron chi connectivity index (χ0n) is 20.3. The number of anilines is 2. The molecule has 1 heterocycles. The number of esters is 2. The third-order valence-corrected chi connectivity index (χ3v) is 8.68. The van der Waals surface area contributed by atoms with Crippen LogP contribution in [-0.4, -0.2) is 53.6 Å². The summed E-state index contributed by atoms with van der Waals surface area (Å²) in [6, 6.07) is 11.9. The smallest absolute Gasteiger partial charge is 0.338 e. The van der Waals surface area contributed by atoms with Gasteiger partial charge >= 0.3 is 11.9 Å². The molecule has 38 heavy (non-hydrogen) atoms. The number of carbonyl (C=O) groups is 5. The minimum absolute atomic E-state index is 0.119. The summed E-state index contributed by atoms with van der Waals surface area (Å²) >= 11 is 12.8. The molecule has 198 valence electrons. The summed E-state index contributed by atoms with van der Waals surface area (Å²) in [6.07, 6.45) is 0.681. The van der Waals surface area contributed by atoms with Crippen LogP contribution in [-0.2, 0) is 23.9 Å². The third-order valence-electron chi connectivity index (χ3n) is 7.36. The number of fused-ring (bicyclic) bond motifs is 5. The first-order valence-electron chi connectivity index (χ1n) is 12.2. The molecule has 2 aliphatic carbocycles. The number of ether oxygens (including phenoxy) is 2. The number of rotatable bonds is 7. The molecule has 11 heteroatoms. The van der Waals surface area contributed by atoms with E-state index >= 15 is 0 Å². The van der Waals surface area contributed by atoms with Gasteiger partial charge in [0.05, 0.1) is 46.0 Å². The van der Waals surface area contributed by atoms with E-state index in [-0.39, 0.29) is 46.6 Å². The lowest BCUT2D eigenvalue weighted by Crippen LogP contribution is -2.37. The monoisotopic (exact) mass is 558 g/mol. The average Bonchev–Trinajstić information content (AvgIpc) is 3.52. The van der Waals surface area contributed by atoms with Crippen LogP contribution >= 0.6 is 23.2 Å². The second kappa shape index (κ2) is 10.4. The van der Waals surface area contributed by atoms with Gasteiger partial charge in [0.15, 0.2) is 6.61 Å². The molecule has 5 rings (SSSR count). The molecule has 0 unspecified atom stereocenters. The summed E-state index contributed by atoms with van der Waals surface area (Å²) in [5, 5.41) is 1.90. The van der Waals surface area contributed by atoms with Gasteiger partial charge in [0, 0.05) is 5.69 Å². The van der Waals surface area contributed by atoms with E-state index in [1.54, 1.807) is 6.92 Å². The first kappa shape index (κ1) is 26.2. The molecule has 2 aromatic rings. The third kappa shape index (κ3) is 4.54. The van der Waals surface area contributed by atoms with Crippen molar-refractivity contribution in [1.29, 1.82) is 0 Å². The molecule has 1 aliphatic heterocycles. The van der Waals surface area contributed by atoms with Crippen LogP contribution in [0.15, 0.2) is 48.5 Å². The predicted octanol–water partition coefficient (Wildman–Crippen LogP) is 3.63. The van der Waals surface area contributed by atoms with Gasteiger partial charge in [0.1, 0.15) is 0 Å². The van der Waals surface area contributed by atoms with Crippen LogP contribution in [0, 0.1) is 23.7 Å². The number of nitrogens with zero attached hydrogens (tertiary/aromatic N) is 1. The Labute approximate surface area is 228 Å². The fourth-order valence-electron chi connectivity index (χ4n) is 5.67. The predicted molar refractivity (Wildman–Crippen MR) is 138 cm³/mol. The lowest BCUT2D eigenvalue weighted by molar-refractivity contribution is -0.123. The fraction of sp³-hybridized carbons (Fsp3) is 0.370. The Morgan fingerprint density at radius 2 is 1.34 bits per heavy atom. The Morgan fingerprint density at radius 3 is 1.87 bits per heavy atom. The number of imide groups is 1. The number of hydrogen-bond acceptors (Lipinski definition) is 7. The van der Waals surface area contributed by atoms with Gasteiger partial charge in [-0.05, 0) is 73.7 Å². The van der Waals surface area contributed by atoms with Gasteiger partial charge in [-0.3, -0.25) is 19.3 Å². The summed E-state index contributed by atoms with van der Waals surface area (Å²) in [5.74, 6) is -3.52. The van der Waals surface area contributed by atoms with Crippen LogP contribution < -0.4 is 10.2 Å². The fourth-order valence-corrected chi connectivity index (χ4v) is 6.56. The maximum atomic E-state index is 13.1. The molecule has 3 fully saturated rings. The van der Waals surface area contributed by atoms with Crippen LogP contribution in [0.4, 0.5) is 11.4 Å². The van der Waals surface area contributed by atoms with Crippen LogP contribution in [0.1, 0.15) is 34.1 Å². The Hall–Kier alpha value is -3.43. The van der Waals surface area contributed by atoms with Crippen molar-refractivity contribution >= 4 is 64.2 Å². The van der Waals surface area contributed by atoms with Gasteiger partial charge in [-0.1, -0.05) is 0 Å². The Bertz CT molecular complexity index is 1270. The van der Waals surface area contributed by atoms with Crippen LogP contribution in [0.5, 0.6) is 0 Å². The molecule has 0 radical (unpaired) electrons. The second-order valence-corrected chi connectivity index (χ2v) is 10.5. The number of amides is 3. The van der Waals surface area contributed by atoms with E-state index in [0.29, 0.717) is 23.4 Å². The van der Waals surface area contributed by atoms with Gasteiger partial charge in [0.2, 0.25) is 11.8 Å². The Balaban J connectivity index is 1.16. The number of nitrogens with one attached hydrogen (secondary N) is 1. The highest BCUT2D eigenvalue weighted by Crippen LogP contribution is 2.59. The summed E-state index contributed by atoms with van der Waals surface area (Å²) in [7, 11) is 0. The van der Waals surface area contributed by atoms with Crippen molar-refractivity contribution < 1.29 is 33.4 Å². The highest BCUT2D eigenvalue weighted by molar-refractivity contribution is 6.32. The van der Waals surface area contributed by atoms with Crippen LogP contribution in [0.2, 0.25) is 0 Å². The molecule has 3 aliphatic rings. The number of carbonyl (C=O) groups excluding carboxylic acids is 5. The maximum absolute atomic E-state index is 13.1. The van der Waals surface area contributed by atoms with E-state index in [9.17, 15) is 24.0 Å². The molecule has 1 N–H and O–H groups in total. The van der Waals surface area contributed by atoms with E-state index in [0.717, 1.165) is 4.90 Å². The zero-order chi connectivity index (χ0) is 27.1. The minimum atomic E-state index is -0.742. The van der Waals surface area contributed by atoms with E-state index < -0.39 is 36.3 Å². The lowest BCUT2D eigenvalue weighted by Gasteiger charge is -2.28. The molecule has 0 spiro atoms. The number of halogens is 2. The number of alkyl halides is 2. The lowest BCUT2D eigenvalue weighted by atomic mass is 9.80. The number of benzene rings is 2. The van der Waals surface area contributed by atoms with Gasteiger partial charge in [-0.15, -0.1) is 23.2 Å². The molecule has 9 nitrogen and oxygen atoms in total. The van der Waals surface area contributed by atoms with E-state index in [2.05, 4.69) is 5.32 Å². The standard InChI is InChI=1S/C27H24Cl2N2O7/c1-2-37-26(35)13-3-7-15(8-4-13)30-19(32)12-38-27(36)14-5-9-16(10-6-14)31-24(33)20-17-11-18(21(20)25(31)34)23(29)22(17)28/h3-10,17-18,20-23H,2,11-12H2,1H3,(H,30,32)/t17-,18-,20-,21-,22-,23+/m1/s1. The van der Waals surface area contributed by atoms with Gasteiger partial charge in [-0.2, -0.15) is 0 Å². The average molecular weight is 559 g/mol. The van der Waals surface area contributed by atoms with Crippen LogP contribution in [0.25, 0.3) is 0 Å². The normalized spacial score (nSPS) is 27.3. The van der Waals surface area contributed by atoms with Crippen molar-refractivity contribution in [3.8, 4) is 0 Å². The van der Waals surface area contributed by atoms with Crippen molar-refractivity contribution in [2.75, 3.05) is 23.4 Å². The molecule has 2 saturated carbocycles. The summed E-state index contributed by atoms with van der Waals surface area (Å²) in [5.41, 5.74) is 1.27. The highest BCUT2D eigenvalue weighted by atomic mass is 35.5. The molecular formula is C27H24Cl2N2O7. The number of hydrogen-bond donors (Lipinski definition) is 1. The molecule has 2 aromatic carbocycles. The van der Waals surface area contributed by atoms with Crippen molar-refractivity contribution in [3.63, 3.8) is 0 Å². The van der Waals surface area contributed by atoms with E-state index in [1.807, 2.05) is 0 Å².